The second-order valence-corrected chi connectivity index (χ2v) is 6.18. The van der Waals surface area contributed by atoms with Gasteiger partial charge in [0.25, 0.3) is 11.6 Å². The molecule has 0 aliphatic heterocycles. The highest BCUT2D eigenvalue weighted by atomic mass is 32.2. The minimum absolute atomic E-state index is 0.157. The predicted molar refractivity (Wildman–Crippen MR) is 92.7 cm³/mol. The van der Waals surface area contributed by atoms with Gasteiger partial charge in [-0.15, -0.1) is 0 Å². The smallest absolute Gasteiger partial charge is 0.270 e. The van der Waals surface area contributed by atoms with Crippen molar-refractivity contribution in [2.24, 2.45) is 0 Å². The fourth-order valence-corrected chi connectivity index (χ4v) is 2.89. The summed E-state index contributed by atoms with van der Waals surface area (Å²) in [5.74, 6) is -0.436. The van der Waals surface area contributed by atoms with Crippen LogP contribution in [0.1, 0.15) is 15.9 Å². The molecule has 25 heavy (non-hydrogen) atoms. The van der Waals surface area contributed by atoms with Crippen LogP contribution in [0.5, 0.6) is 0 Å². The molecule has 3 rings (SSSR count). The third-order valence-electron chi connectivity index (χ3n) is 3.33. The molecule has 0 aliphatic rings. The Kier molecular flexibility index (Phi) is 4.75. The number of carbonyl (C=O) groups excluding carboxylic acids is 1. The van der Waals surface area contributed by atoms with Crippen LogP contribution in [0, 0.1) is 17.0 Å². The molecule has 0 fully saturated rings. The Morgan fingerprint density at radius 1 is 1.24 bits per heavy atom. The number of non-ortho nitro benzene ring substituents is 1. The summed E-state index contributed by atoms with van der Waals surface area (Å²) in [7, 11) is 0. The molecule has 0 saturated carbocycles. The van der Waals surface area contributed by atoms with Gasteiger partial charge in [-0.2, -0.15) is 5.10 Å². The lowest BCUT2D eigenvalue weighted by Gasteiger charge is -2.09. The van der Waals surface area contributed by atoms with E-state index in [1.165, 1.54) is 36.3 Å². The van der Waals surface area contributed by atoms with Crippen LogP contribution in [0.2, 0.25) is 0 Å². The number of rotatable bonds is 5. The number of nitro benzene ring substituents is 1. The Morgan fingerprint density at radius 2 is 2.00 bits per heavy atom. The summed E-state index contributed by atoms with van der Waals surface area (Å²) >= 11 is 1.17. The van der Waals surface area contributed by atoms with E-state index >= 15 is 0 Å². The summed E-state index contributed by atoms with van der Waals surface area (Å²) in [5, 5.41) is 20.7. The van der Waals surface area contributed by atoms with Crippen LogP contribution in [-0.2, 0) is 0 Å². The van der Waals surface area contributed by atoms with Gasteiger partial charge in [-0.25, -0.2) is 4.98 Å². The van der Waals surface area contributed by atoms with Crippen molar-refractivity contribution < 1.29 is 9.72 Å². The molecule has 126 valence electrons. The zero-order valence-corrected chi connectivity index (χ0v) is 13.9. The fraction of sp³-hybridized carbons (Fsp3) is 0.0625. The zero-order valence-electron chi connectivity index (χ0n) is 13.1. The summed E-state index contributed by atoms with van der Waals surface area (Å²) in [6.07, 6.45) is 1.35. The summed E-state index contributed by atoms with van der Waals surface area (Å²) < 4.78 is 0. The van der Waals surface area contributed by atoms with E-state index in [0.29, 0.717) is 15.7 Å². The second kappa shape index (κ2) is 7.14. The van der Waals surface area contributed by atoms with Crippen molar-refractivity contribution in [2.45, 2.75) is 17.0 Å². The topological polar surface area (TPSA) is 114 Å². The van der Waals surface area contributed by atoms with Gasteiger partial charge >= 0.3 is 0 Å². The van der Waals surface area contributed by atoms with Crippen molar-refractivity contribution in [3.8, 4) is 0 Å². The molecule has 1 aromatic heterocycles. The average Bonchev–Trinajstić information content (AvgIpc) is 3.10. The maximum absolute atomic E-state index is 12.6. The number of carbonyl (C=O) groups is 1. The van der Waals surface area contributed by atoms with Gasteiger partial charge in [0.15, 0.2) is 5.16 Å². The number of H-pyrrole nitrogens is 1. The molecule has 0 radical (unpaired) electrons. The van der Waals surface area contributed by atoms with Crippen LogP contribution < -0.4 is 5.32 Å². The second-order valence-electron chi connectivity index (χ2n) is 5.15. The normalized spacial score (nSPS) is 10.4. The summed E-state index contributed by atoms with van der Waals surface area (Å²) in [6, 6.07) is 11.4. The molecule has 1 amide bonds. The quantitative estimate of drug-likeness (QED) is 0.535. The number of aryl methyl sites for hydroxylation is 1. The molecule has 0 spiro atoms. The number of hydrogen-bond acceptors (Lipinski definition) is 6. The molecule has 2 N–H and O–H groups in total. The van der Waals surface area contributed by atoms with Crippen molar-refractivity contribution in [3.05, 3.63) is 70.0 Å². The first-order valence-corrected chi connectivity index (χ1v) is 8.04. The number of nitrogens with one attached hydrogen (secondary N) is 2. The van der Waals surface area contributed by atoms with Gasteiger partial charge in [-0.1, -0.05) is 17.7 Å². The van der Waals surface area contributed by atoms with Crippen molar-refractivity contribution >= 4 is 29.0 Å². The highest BCUT2D eigenvalue weighted by Crippen LogP contribution is 2.31. The molecule has 0 bridgehead atoms. The standard InChI is InChI=1S/C16H13N5O3S/c1-10-2-4-11(5-3-10)19-15(22)13-8-12(21(23)24)6-7-14(13)25-16-17-9-18-20-16/h2-9H,1H3,(H,19,22)(H,17,18,20). The van der Waals surface area contributed by atoms with Crippen molar-refractivity contribution in [1.29, 1.82) is 0 Å². The first-order valence-electron chi connectivity index (χ1n) is 7.22. The number of aromatic amines is 1. The molecular weight excluding hydrogens is 342 g/mol. The molecule has 9 heteroatoms. The maximum atomic E-state index is 12.6. The minimum Gasteiger partial charge on any atom is -0.322 e. The van der Waals surface area contributed by atoms with Crippen LogP contribution in [0.4, 0.5) is 11.4 Å². The molecule has 0 atom stereocenters. The SMILES string of the molecule is Cc1ccc(NC(=O)c2cc([N+](=O)[O-])ccc2Sc2ncn[nH]2)cc1. The zero-order chi connectivity index (χ0) is 17.8. The Bertz CT molecular complexity index is 910. The molecular formula is C16H13N5O3S. The number of benzene rings is 2. The van der Waals surface area contributed by atoms with Crippen LogP contribution in [-0.4, -0.2) is 26.0 Å². The Hall–Kier alpha value is -3.20. The molecule has 1 heterocycles. The molecule has 2 aromatic carbocycles. The first kappa shape index (κ1) is 16.7. The van der Waals surface area contributed by atoms with Gasteiger partial charge < -0.3 is 5.32 Å². The number of hydrogen-bond donors (Lipinski definition) is 2. The first-order chi connectivity index (χ1) is 12.0. The third kappa shape index (κ3) is 4.01. The lowest BCUT2D eigenvalue weighted by atomic mass is 10.1. The average molecular weight is 355 g/mol. The third-order valence-corrected chi connectivity index (χ3v) is 4.29. The number of amides is 1. The van der Waals surface area contributed by atoms with Crippen molar-refractivity contribution in [3.63, 3.8) is 0 Å². The van der Waals surface area contributed by atoms with Crippen LogP contribution in [0.25, 0.3) is 0 Å². The maximum Gasteiger partial charge on any atom is 0.270 e. The lowest BCUT2D eigenvalue weighted by Crippen LogP contribution is -2.13. The van der Waals surface area contributed by atoms with E-state index in [1.54, 1.807) is 12.1 Å². The lowest BCUT2D eigenvalue weighted by molar-refractivity contribution is -0.384. The largest absolute Gasteiger partial charge is 0.322 e. The van der Waals surface area contributed by atoms with Crippen LogP contribution in [0.15, 0.2) is 58.8 Å². The van der Waals surface area contributed by atoms with Crippen molar-refractivity contribution in [1.82, 2.24) is 15.2 Å². The van der Waals surface area contributed by atoms with Gasteiger partial charge in [0.1, 0.15) is 6.33 Å². The van der Waals surface area contributed by atoms with Gasteiger partial charge in [0.2, 0.25) is 0 Å². The molecule has 8 nitrogen and oxygen atoms in total. The van der Waals surface area contributed by atoms with E-state index in [0.717, 1.165) is 5.56 Å². The van der Waals surface area contributed by atoms with Gasteiger partial charge in [0, 0.05) is 22.7 Å². The van der Waals surface area contributed by atoms with E-state index in [-0.39, 0.29) is 11.3 Å². The molecule has 0 unspecified atom stereocenters. The summed E-state index contributed by atoms with van der Waals surface area (Å²) in [4.78, 5) is 27.7. The van der Waals surface area contributed by atoms with Crippen LogP contribution in [0.3, 0.4) is 0 Å². The Labute approximate surface area is 146 Å². The van der Waals surface area contributed by atoms with Gasteiger partial charge in [0.05, 0.1) is 10.5 Å². The van der Waals surface area contributed by atoms with E-state index < -0.39 is 10.8 Å². The van der Waals surface area contributed by atoms with Gasteiger partial charge in [-0.3, -0.25) is 20.0 Å². The number of nitro groups is 1. The van der Waals surface area contributed by atoms with Crippen LogP contribution >= 0.6 is 11.8 Å². The van der Waals surface area contributed by atoms with E-state index in [9.17, 15) is 14.9 Å². The van der Waals surface area contributed by atoms with E-state index in [4.69, 9.17) is 0 Å². The highest BCUT2D eigenvalue weighted by Gasteiger charge is 2.18. The van der Waals surface area contributed by atoms with Gasteiger partial charge in [-0.05, 0) is 36.9 Å². The summed E-state index contributed by atoms with van der Waals surface area (Å²) in [5.41, 5.74) is 1.71. The number of nitrogens with zero attached hydrogens (tertiary/aromatic N) is 3. The summed E-state index contributed by atoms with van der Waals surface area (Å²) in [6.45, 7) is 1.94. The molecule has 0 aliphatic carbocycles. The predicted octanol–water partition coefficient (Wildman–Crippen LogP) is 3.42. The van der Waals surface area contributed by atoms with E-state index in [2.05, 4.69) is 20.5 Å². The minimum atomic E-state index is -0.536. The number of anilines is 1. The number of aromatic nitrogens is 3. The monoisotopic (exact) mass is 355 g/mol. The highest BCUT2D eigenvalue weighted by molar-refractivity contribution is 7.99. The molecule has 3 aromatic rings. The van der Waals surface area contributed by atoms with Crippen molar-refractivity contribution in [2.75, 3.05) is 5.32 Å². The van der Waals surface area contributed by atoms with E-state index in [1.807, 2.05) is 19.1 Å². The Morgan fingerprint density at radius 3 is 2.64 bits per heavy atom. The molecule has 0 saturated heterocycles. The Balaban J connectivity index is 1.92. The fourth-order valence-electron chi connectivity index (χ4n) is 2.08.